The summed E-state index contributed by atoms with van der Waals surface area (Å²) in [5.74, 6) is -0.271. The van der Waals surface area contributed by atoms with Gasteiger partial charge in [0, 0.05) is 53.9 Å². The van der Waals surface area contributed by atoms with Crippen LogP contribution in [0, 0.1) is 5.82 Å². The van der Waals surface area contributed by atoms with Crippen LogP contribution in [-0.2, 0) is 13.0 Å². The van der Waals surface area contributed by atoms with E-state index in [-0.39, 0.29) is 11.6 Å². The Kier molecular flexibility index (Phi) is 6.60. The van der Waals surface area contributed by atoms with Crippen molar-refractivity contribution in [1.82, 2.24) is 4.90 Å². The van der Waals surface area contributed by atoms with Crippen molar-refractivity contribution < 1.29 is 9.18 Å². The van der Waals surface area contributed by atoms with E-state index in [4.69, 9.17) is 17.3 Å². The lowest BCUT2D eigenvalue weighted by Gasteiger charge is -2.36. The first-order valence-corrected chi connectivity index (χ1v) is 11.6. The maximum atomic E-state index is 13.3. The Morgan fingerprint density at radius 3 is 2.32 bits per heavy atom. The summed E-state index contributed by atoms with van der Waals surface area (Å²) in [5.41, 5.74) is 9.62. The Morgan fingerprint density at radius 2 is 1.71 bits per heavy atom. The molecule has 2 aromatic carbocycles. The number of anilines is 2. The standard InChI is InChI=1S/C24H25ClFN3OS/c1-2-21-20(22(24(27)31-21)23(30)16-3-5-17(25)6-4-16)15-28-11-13-29(14-12-28)19-9-7-18(26)8-10-19/h3-10H,2,11-15,27H2,1H3. The third-order valence-corrected chi connectivity index (χ3v) is 7.18. The van der Waals surface area contributed by atoms with E-state index in [1.807, 2.05) is 12.1 Å². The minimum absolute atomic E-state index is 0.0509. The average Bonchev–Trinajstić information content (AvgIpc) is 3.10. The fraction of sp³-hybridized carbons (Fsp3) is 0.292. The van der Waals surface area contributed by atoms with Crippen LogP contribution in [0.3, 0.4) is 0 Å². The molecule has 31 heavy (non-hydrogen) atoms. The van der Waals surface area contributed by atoms with Crippen molar-refractivity contribution in [3.8, 4) is 0 Å². The topological polar surface area (TPSA) is 49.6 Å². The lowest BCUT2D eigenvalue weighted by atomic mass is 9.99. The molecule has 3 aromatic rings. The van der Waals surface area contributed by atoms with Gasteiger partial charge in [0.25, 0.3) is 0 Å². The van der Waals surface area contributed by atoms with Crippen molar-refractivity contribution in [3.63, 3.8) is 0 Å². The van der Waals surface area contributed by atoms with E-state index >= 15 is 0 Å². The van der Waals surface area contributed by atoms with Gasteiger partial charge < -0.3 is 10.6 Å². The smallest absolute Gasteiger partial charge is 0.196 e. The van der Waals surface area contributed by atoms with Crippen molar-refractivity contribution in [2.75, 3.05) is 36.8 Å². The molecule has 0 spiro atoms. The summed E-state index contributed by atoms with van der Waals surface area (Å²) in [7, 11) is 0. The summed E-state index contributed by atoms with van der Waals surface area (Å²) in [4.78, 5) is 19.0. The molecule has 2 heterocycles. The van der Waals surface area contributed by atoms with Gasteiger partial charge in [0.05, 0.1) is 10.6 Å². The zero-order valence-corrected chi connectivity index (χ0v) is 19.0. The summed E-state index contributed by atoms with van der Waals surface area (Å²) in [6.07, 6.45) is 0.841. The molecule has 162 valence electrons. The highest BCUT2D eigenvalue weighted by molar-refractivity contribution is 7.16. The molecule has 1 aliphatic rings. The predicted molar refractivity (Wildman–Crippen MR) is 127 cm³/mol. The summed E-state index contributed by atoms with van der Waals surface area (Å²) < 4.78 is 13.2. The Balaban J connectivity index is 1.51. The Hall–Kier alpha value is -2.41. The number of carbonyl (C=O) groups excluding carboxylic acids is 1. The van der Waals surface area contributed by atoms with Gasteiger partial charge in [-0.25, -0.2) is 4.39 Å². The third kappa shape index (κ3) is 4.76. The number of thiophene rings is 1. The van der Waals surface area contributed by atoms with Crippen molar-refractivity contribution in [2.24, 2.45) is 0 Å². The second-order valence-electron chi connectivity index (χ2n) is 7.67. The minimum Gasteiger partial charge on any atom is -0.390 e. The third-order valence-electron chi connectivity index (χ3n) is 5.72. The highest BCUT2D eigenvalue weighted by atomic mass is 35.5. The molecule has 4 nitrogen and oxygen atoms in total. The molecular weight excluding hydrogens is 433 g/mol. The quantitative estimate of drug-likeness (QED) is 0.514. The second-order valence-corrected chi connectivity index (χ2v) is 9.25. The Bertz CT molecular complexity index is 1060. The number of halogens is 2. The van der Waals surface area contributed by atoms with Crippen molar-refractivity contribution in [1.29, 1.82) is 0 Å². The maximum absolute atomic E-state index is 13.3. The van der Waals surface area contributed by atoms with Crippen LogP contribution in [0.1, 0.15) is 33.3 Å². The van der Waals surface area contributed by atoms with Crippen LogP contribution in [0.15, 0.2) is 48.5 Å². The summed E-state index contributed by atoms with van der Waals surface area (Å²) in [5, 5.41) is 1.18. The van der Waals surface area contributed by atoms with Gasteiger partial charge in [-0.1, -0.05) is 18.5 Å². The molecule has 2 N–H and O–H groups in total. The molecule has 1 fully saturated rings. The van der Waals surface area contributed by atoms with Crippen molar-refractivity contribution in [3.05, 3.63) is 80.9 Å². The van der Waals surface area contributed by atoms with Crippen LogP contribution < -0.4 is 10.6 Å². The zero-order valence-electron chi connectivity index (χ0n) is 17.4. The number of nitrogens with two attached hydrogens (primary N) is 1. The number of benzene rings is 2. The molecule has 4 rings (SSSR count). The average molecular weight is 458 g/mol. The van der Waals surface area contributed by atoms with Gasteiger partial charge in [-0.2, -0.15) is 0 Å². The number of carbonyl (C=O) groups is 1. The van der Waals surface area contributed by atoms with Crippen LogP contribution in [-0.4, -0.2) is 36.9 Å². The lowest BCUT2D eigenvalue weighted by molar-refractivity contribution is 0.103. The lowest BCUT2D eigenvalue weighted by Crippen LogP contribution is -2.46. The van der Waals surface area contributed by atoms with Gasteiger partial charge in [0.15, 0.2) is 5.78 Å². The molecule has 7 heteroatoms. The number of nitrogens with zero attached hydrogens (tertiary/aromatic N) is 2. The van der Waals surface area contributed by atoms with E-state index in [0.717, 1.165) is 48.7 Å². The number of piperazine rings is 1. The number of hydrogen-bond acceptors (Lipinski definition) is 5. The van der Waals surface area contributed by atoms with Crippen molar-refractivity contribution in [2.45, 2.75) is 19.9 Å². The Labute approximate surface area is 191 Å². The molecule has 1 saturated heterocycles. The molecule has 0 atom stereocenters. The summed E-state index contributed by atoms with van der Waals surface area (Å²) in [6, 6.07) is 13.6. The largest absolute Gasteiger partial charge is 0.390 e. The van der Waals surface area contributed by atoms with Crippen LogP contribution in [0.5, 0.6) is 0 Å². The van der Waals surface area contributed by atoms with E-state index < -0.39 is 0 Å². The monoisotopic (exact) mass is 457 g/mol. The highest BCUT2D eigenvalue weighted by Gasteiger charge is 2.26. The SMILES string of the molecule is CCc1sc(N)c(C(=O)c2ccc(Cl)cc2)c1CN1CCN(c2ccc(F)cc2)CC1. The van der Waals surface area contributed by atoms with Crippen LogP contribution in [0.4, 0.5) is 15.1 Å². The predicted octanol–water partition coefficient (Wildman–Crippen LogP) is 5.24. The number of nitrogen functional groups attached to an aromatic ring is 1. The molecule has 0 radical (unpaired) electrons. The summed E-state index contributed by atoms with van der Waals surface area (Å²) in [6.45, 7) is 6.23. The van der Waals surface area contributed by atoms with Gasteiger partial charge in [0.1, 0.15) is 5.82 Å². The van der Waals surface area contributed by atoms with E-state index in [2.05, 4.69) is 16.7 Å². The fourth-order valence-corrected chi connectivity index (χ4v) is 5.16. The van der Waals surface area contributed by atoms with Crippen LogP contribution in [0.25, 0.3) is 0 Å². The van der Waals surface area contributed by atoms with E-state index in [1.54, 1.807) is 24.3 Å². The van der Waals surface area contributed by atoms with Crippen LogP contribution in [0.2, 0.25) is 5.02 Å². The first-order valence-electron chi connectivity index (χ1n) is 10.4. The molecule has 0 aliphatic carbocycles. The first-order chi connectivity index (χ1) is 15.0. The molecule has 0 amide bonds. The van der Waals surface area contributed by atoms with Gasteiger partial charge in [-0.15, -0.1) is 11.3 Å². The van der Waals surface area contributed by atoms with E-state index in [0.29, 0.717) is 27.7 Å². The van der Waals surface area contributed by atoms with Crippen LogP contribution >= 0.6 is 22.9 Å². The van der Waals surface area contributed by atoms with Gasteiger partial charge in [-0.05, 0) is 60.5 Å². The molecule has 1 aromatic heterocycles. The van der Waals surface area contributed by atoms with Gasteiger partial charge >= 0.3 is 0 Å². The van der Waals surface area contributed by atoms with E-state index in [1.165, 1.54) is 23.5 Å². The molecule has 1 aliphatic heterocycles. The number of aryl methyl sites for hydroxylation is 1. The fourth-order valence-electron chi connectivity index (χ4n) is 4.02. The molecule has 0 unspecified atom stereocenters. The molecular formula is C24H25ClFN3OS. The number of ketones is 1. The van der Waals surface area contributed by atoms with Gasteiger partial charge in [-0.3, -0.25) is 9.69 Å². The zero-order chi connectivity index (χ0) is 22.0. The normalized spacial score (nSPS) is 14.7. The van der Waals surface area contributed by atoms with Crippen molar-refractivity contribution >= 4 is 39.4 Å². The summed E-state index contributed by atoms with van der Waals surface area (Å²) >= 11 is 7.49. The minimum atomic E-state index is -0.220. The molecule has 0 saturated carbocycles. The highest BCUT2D eigenvalue weighted by Crippen LogP contribution is 2.35. The van der Waals surface area contributed by atoms with Gasteiger partial charge in [0.2, 0.25) is 0 Å². The molecule has 0 bridgehead atoms. The Morgan fingerprint density at radius 1 is 1.06 bits per heavy atom. The van der Waals surface area contributed by atoms with E-state index in [9.17, 15) is 9.18 Å². The maximum Gasteiger partial charge on any atom is 0.196 e. The number of rotatable bonds is 6. The second kappa shape index (κ2) is 9.39. The first kappa shape index (κ1) is 21.8. The number of hydrogen-bond donors (Lipinski definition) is 1.